The van der Waals surface area contributed by atoms with Crippen molar-refractivity contribution in [3.05, 3.63) is 36.8 Å². The van der Waals surface area contributed by atoms with E-state index in [1.165, 1.54) is 6.33 Å². The molecular formula is C14H10N4O2. The predicted octanol–water partition coefficient (Wildman–Crippen LogP) is 2.77. The number of rotatable bonds is 2. The van der Waals surface area contributed by atoms with E-state index in [1.54, 1.807) is 13.3 Å². The largest absolute Gasteiger partial charge is 0.497 e. The zero-order valence-electron chi connectivity index (χ0n) is 10.6. The van der Waals surface area contributed by atoms with E-state index in [2.05, 4.69) is 19.9 Å². The highest BCUT2D eigenvalue weighted by Crippen LogP contribution is 2.29. The van der Waals surface area contributed by atoms with Gasteiger partial charge in [0.15, 0.2) is 17.2 Å². The van der Waals surface area contributed by atoms with Crippen LogP contribution in [0.15, 0.2) is 41.2 Å². The molecule has 4 rings (SSSR count). The van der Waals surface area contributed by atoms with Crippen molar-refractivity contribution < 1.29 is 9.15 Å². The molecular weight excluding hydrogens is 256 g/mol. The van der Waals surface area contributed by atoms with Crippen molar-refractivity contribution in [2.75, 3.05) is 7.11 Å². The minimum Gasteiger partial charge on any atom is -0.497 e. The smallest absolute Gasteiger partial charge is 0.181 e. The first-order valence-corrected chi connectivity index (χ1v) is 6.07. The van der Waals surface area contributed by atoms with E-state index in [9.17, 15) is 0 Å². The highest BCUT2D eigenvalue weighted by Gasteiger charge is 2.11. The average molecular weight is 266 g/mol. The molecule has 0 unspecified atom stereocenters. The Hall–Kier alpha value is -2.89. The van der Waals surface area contributed by atoms with Gasteiger partial charge in [-0.15, -0.1) is 0 Å². The van der Waals surface area contributed by atoms with Crippen molar-refractivity contribution in [2.45, 2.75) is 0 Å². The third-order valence-electron chi connectivity index (χ3n) is 3.12. The molecule has 1 N–H and O–H groups in total. The number of ether oxygens (including phenoxy) is 1. The summed E-state index contributed by atoms with van der Waals surface area (Å²) in [5.41, 5.74) is 2.15. The molecule has 0 fully saturated rings. The number of furan rings is 1. The van der Waals surface area contributed by atoms with Crippen molar-refractivity contribution in [1.29, 1.82) is 0 Å². The van der Waals surface area contributed by atoms with Gasteiger partial charge in [-0.3, -0.25) is 0 Å². The molecule has 98 valence electrons. The number of aromatic nitrogens is 4. The van der Waals surface area contributed by atoms with Crippen LogP contribution in [0.4, 0.5) is 0 Å². The lowest BCUT2D eigenvalue weighted by Gasteiger charge is -1.96. The zero-order valence-corrected chi connectivity index (χ0v) is 10.6. The maximum Gasteiger partial charge on any atom is 0.181 e. The van der Waals surface area contributed by atoms with E-state index >= 15 is 0 Å². The van der Waals surface area contributed by atoms with Crippen LogP contribution in [0.25, 0.3) is 33.7 Å². The van der Waals surface area contributed by atoms with E-state index in [0.717, 1.165) is 22.2 Å². The molecule has 1 aromatic carbocycles. The van der Waals surface area contributed by atoms with Crippen LogP contribution in [0.3, 0.4) is 0 Å². The van der Waals surface area contributed by atoms with Gasteiger partial charge in [-0.2, -0.15) is 0 Å². The second-order valence-corrected chi connectivity index (χ2v) is 4.36. The molecule has 0 atom stereocenters. The molecule has 0 saturated heterocycles. The van der Waals surface area contributed by atoms with Gasteiger partial charge in [0.05, 0.1) is 13.3 Å². The summed E-state index contributed by atoms with van der Waals surface area (Å²) in [5.74, 6) is 2.05. The molecule has 6 heteroatoms. The first-order valence-electron chi connectivity index (χ1n) is 6.07. The summed E-state index contributed by atoms with van der Waals surface area (Å²) in [7, 11) is 1.63. The second-order valence-electron chi connectivity index (χ2n) is 4.36. The predicted molar refractivity (Wildman–Crippen MR) is 73.4 cm³/mol. The van der Waals surface area contributed by atoms with Crippen molar-refractivity contribution in [1.82, 2.24) is 19.9 Å². The van der Waals surface area contributed by atoms with Crippen LogP contribution in [0.5, 0.6) is 5.75 Å². The quantitative estimate of drug-likeness (QED) is 0.603. The Kier molecular flexibility index (Phi) is 2.23. The molecule has 20 heavy (non-hydrogen) atoms. The Bertz CT molecular complexity index is 877. The molecule has 0 spiro atoms. The van der Waals surface area contributed by atoms with Gasteiger partial charge in [-0.1, -0.05) is 0 Å². The van der Waals surface area contributed by atoms with Gasteiger partial charge in [0.1, 0.15) is 23.2 Å². The van der Waals surface area contributed by atoms with E-state index in [0.29, 0.717) is 17.2 Å². The maximum absolute atomic E-state index is 5.80. The summed E-state index contributed by atoms with van der Waals surface area (Å²) in [6.45, 7) is 0. The van der Waals surface area contributed by atoms with Gasteiger partial charge in [0.2, 0.25) is 0 Å². The molecule has 0 aliphatic heterocycles. The lowest BCUT2D eigenvalue weighted by Crippen LogP contribution is -1.79. The van der Waals surface area contributed by atoms with Crippen LogP contribution in [0.2, 0.25) is 0 Å². The van der Waals surface area contributed by atoms with Gasteiger partial charge in [-0.05, 0) is 18.2 Å². The number of fused-ring (bicyclic) bond motifs is 2. The number of imidazole rings is 1. The summed E-state index contributed by atoms with van der Waals surface area (Å²) < 4.78 is 11.0. The summed E-state index contributed by atoms with van der Waals surface area (Å²) in [6.07, 6.45) is 3.15. The SMILES string of the molecule is COc1ccc2cc(-c3nc4ncncc4[nH]3)oc2c1. The molecule has 0 saturated carbocycles. The molecule has 0 radical (unpaired) electrons. The van der Waals surface area contributed by atoms with Crippen LogP contribution >= 0.6 is 0 Å². The van der Waals surface area contributed by atoms with Crippen LogP contribution in [-0.2, 0) is 0 Å². The number of aromatic amines is 1. The van der Waals surface area contributed by atoms with E-state index < -0.39 is 0 Å². The third-order valence-corrected chi connectivity index (χ3v) is 3.12. The second kappa shape index (κ2) is 4.06. The minimum absolute atomic E-state index is 0.619. The Morgan fingerprint density at radius 2 is 2.20 bits per heavy atom. The number of benzene rings is 1. The number of H-pyrrole nitrogens is 1. The highest BCUT2D eigenvalue weighted by molar-refractivity contribution is 5.84. The topological polar surface area (TPSA) is 76.8 Å². The summed E-state index contributed by atoms with van der Waals surface area (Å²) in [6, 6.07) is 7.62. The van der Waals surface area contributed by atoms with Gasteiger partial charge >= 0.3 is 0 Å². The number of nitrogens with one attached hydrogen (secondary N) is 1. The lowest BCUT2D eigenvalue weighted by molar-refractivity contribution is 0.414. The minimum atomic E-state index is 0.619. The van der Waals surface area contributed by atoms with E-state index in [-0.39, 0.29) is 0 Å². The van der Waals surface area contributed by atoms with Crippen molar-refractivity contribution >= 4 is 22.1 Å². The van der Waals surface area contributed by atoms with Crippen LogP contribution in [0, 0.1) is 0 Å². The molecule has 0 aliphatic rings. The standard InChI is InChI=1S/C14H10N4O2/c1-19-9-3-2-8-4-12(20-11(8)5-9)14-17-10-6-15-7-16-13(10)18-14/h2-7H,1H3,(H,15,16,17,18). The first kappa shape index (κ1) is 11.0. The normalized spacial score (nSPS) is 11.2. The Morgan fingerprint density at radius 1 is 1.25 bits per heavy atom. The Labute approximate surface area is 113 Å². The maximum atomic E-state index is 5.80. The molecule has 4 aromatic rings. The van der Waals surface area contributed by atoms with Crippen LogP contribution in [-0.4, -0.2) is 27.0 Å². The fraction of sp³-hybridized carbons (Fsp3) is 0.0714. The number of hydrogen-bond acceptors (Lipinski definition) is 5. The monoisotopic (exact) mass is 266 g/mol. The number of hydrogen-bond donors (Lipinski definition) is 1. The fourth-order valence-corrected chi connectivity index (χ4v) is 2.13. The molecule has 6 nitrogen and oxygen atoms in total. The van der Waals surface area contributed by atoms with Gasteiger partial charge in [-0.25, -0.2) is 15.0 Å². The summed E-state index contributed by atoms with van der Waals surface area (Å²) in [5, 5.41) is 0.993. The summed E-state index contributed by atoms with van der Waals surface area (Å²) in [4.78, 5) is 15.6. The molecule has 0 amide bonds. The zero-order chi connectivity index (χ0) is 13.5. The molecule has 0 bridgehead atoms. The van der Waals surface area contributed by atoms with E-state index in [1.807, 2.05) is 24.3 Å². The Balaban J connectivity index is 1.88. The number of nitrogens with zero attached hydrogens (tertiary/aromatic N) is 3. The molecule has 0 aliphatic carbocycles. The van der Waals surface area contributed by atoms with Crippen molar-refractivity contribution in [2.24, 2.45) is 0 Å². The van der Waals surface area contributed by atoms with E-state index in [4.69, 9.17) is 9.15 Å². The van der Waals surface area contributed by atoms with Crippen molar-refractivity contribution in [3.63, 3.8) is 0 Å². The average Bonchev–Trinajstić information content (AvgIpc) is 3.09. The molecule has 3 heterocycles. The fourth-order valence-electron chi connectivity index (χ4n) is 2.13. The first-order chi connectivity index (χ1) is 9.83. The lowest BCUT2D eigenvalue weighted by atomic mass is 10.2. The van der Waals surface area contributed by atoms with Gasteiger partial charge < -0.3 is 14.1 Å². The van der Waals surface area contributed by atoms with Crippen molar-refractivity contribution in [3.8, 4) is 17.3 Å². The summed E-state index contributed by atoms with van der Waals surface area (Å²) >= 11 is 0. The Morgan fingerprint density at radius 3 is 3.05 bits per heavy atom. The van der Waals surface area contributed by atoms with Gasteiger partial charge in [0, 0.05) is 11.5 Å². The van der Waals surface area contributed by atoms with Crippen LogP contribution in [0.1, 0.15) is 0 Å². The molecule has 3 aromatic heterocycles. The van der Waals surface area contributed by atoms with Crippen LogP contribution < -0.4 is 4.74 Å². The number of methoxy groups -OCH3 is 1. The van der Waals surface area contributed by atoms with Gasteiger partial charge in [0.25, 0.3) is 0 Å². The third kappa shape index (κ3) is 1.62. The highest BCUT2D eigenvalue weighted by atomic mass is 16.5.